The van der Waals surface area contributed by atoms with Crippen molar-refractivity contribution in [3.63, 3.8) is 0 Å². The second-order valence-corrected chi connectivity index (χ2v) is 4.82. The lowest BCUT2D eigenvalue weighted by Crippen LogP contribution is -1.85. The number of nitrogens with zero attached hydrogens (tertiary/aromatic N) is 2. The summed E-state index contributed by atoms with van der Waals surface area (Å²) in [6.07, 6.45) is 0. The number of aromatic nitrogens is 2. The minimum absolute atomic E-state index is 0.357. The molecule has 0 atom stereocenters. The Bertz CT molecular complexity index is 468. The van der Waals surface area contributed by atoms with Crippen LogP contribution in [-0.4, -0.2) is 10.2 Å². The van der Waals surface area contributed by atoms with E-state index >= 15 is 0 Å². The Morgan fingerprint density at radius 3 is 2.64 bits per heavy atom. The zero-order valence-electron chi connectivity index (χ0n) is 7.29. The maximum atomic E-state index is 5.91. The van der Waals surface area contributed by atoms with Crippen molar-refractivity contribution in [1.29, 1.82) is 0 Å². The van der Waals surface area contributed by atoms with E-state index in [9.17, 15) is 0 Å². The zero-order chi connectivity index (χ0) is 10.1. The second kappa shape index (κ2) is 3.85. The van der Waals surface area contributed by atoms with Crippen molar-refractivity contribution < 1.29 is 0 Å². The van der Waals surface area contributed by atoms with Gasteiger partial charge in [-0.15, -0.1) is 21.5 Å². The van der Waals surface area contributed by atoms with Gasteiger partial charge in [0.25, 0.3) is 0 Å². The first-order valence-corrected chi connectivity index (χ1v) is 5.49. The summed E-state index contributed by atoms with van der Waals surface area (Å²) in [5.41, 5.74) is 0.838. The lowest BCUT2D eigenvalue weighted by atomic mass is 10.2. The summed E-state index contributed by atoms with van der Waals surface area (Å²) < 4.78 is 0. The Hall–Kier alpha value is -0.640. The monoisotopic (exact) mass is 244 g/mol. The molecule has 0 N–H and O–H groups in total. The van der Waals surface area contributed by atoms with Crippen molar-refractivity contribution in [1.82, 2.24) is 10.2 Å². The number of halogens is 2. The summed E-state index contributed by atoms with van der Waals surface area (Å²) in [6, 6.07) is 5.76. The zero-order valence-corrected chi connectivity index (χ0v) is 9.62. The molecule has 2 aromatic rings. The summed E-state index contributed by atoms with van der Waals surface area (Å²) in [6.45, 7) is 2.04. The summed E-state index contributed by atoms with van der Waals surface area (Å²) in [4.78, 5) is 2.29. The largest absolute Gasteiger partial charge is 0.160 e. The predicted octanol–water partition coefficient (Wildman–Crippen LogP) is 3.82. The van der Waals surface area contributed by atoms with E-state index in [1.54, 1.807) is 17.4 Å². The van der Waals surface area contributed by atoms with Gasteiger partial charge in [-0.3, -0.25) is 0 Å². The van der Waals surface area contributed by atoms with Gasteiger partial charge in [-0.25, -0.2) is 0 Å². The molecule has 72 valence electrons. The third kappa shape index (κ3) is 1.90. The third-order valence-corrected chi connectivity index (χ3v) is 3.22. The van der Waals surface area contributed by atoms with E-state index in [1.807, 2.05) is 19.1 Å². The van der Waals surface area contributed by atoms with Gasteiger partial charge in [-0.05, 0) is 25.1 Å². The average Bonchev–Trinajstić information content (AvgIpc) is 2.56. The highest BCUT2D eigenvalue weighted by Crippen LogP contribution is 2.32. The van der Waals surface area contributed by atoms with Crippen LogP contribution >= 0.6 is 34.5 Å². The molecule has 2 nitrogen and oxygen atoms in total. The van der Waals surface area contributed by atoms with E-state index in [2.05, 4.69) is 10.2 Å². The van der Waals surface area contributed by atoms with Crippen molar-refractivity contribution in [2.75, 3.05) is 0 Å². The van der Waals surface area contributed by atoms with Crippen LogP contribution in [0.2, 0.25) is 10.3 Å². The molecule has 0 saturated carbocycles. The van der Waals surface area contributed by atoms with Gasteiger partial charge in [-0.2, -0.15) is 0 Å². The first kappa shape index (κ1) is 9.90. The van der Waals surface area contributed by atoms with Crippen LogP contribution in [0.4, 0.5) is 0 Å². The number of rotatable bonds is 1. The molecule has 0 fully saturated rings. The summed E-state index contributed by atoms with van der Waals surface area (Å²) >= 11 is 13.3. The van der Waals surface area contributed by atoms with Crippen LogP contribution < -0.4 is 0 Å². The van der Waals surface area contributed by atoms with Gasteiger partial charge in [0, 0.05) is 15.3 Å². The topological polar surface area (TPSA) is 25.8 Å². The second-order valence-electron chi connectivity index (χ2n) is 2.78. The summed E-state index contributed by atoms with van der Waals surface area (Å²) in [5, 5.41) is 8.16. The summed E-state index contributed by atoms with van der Waals surface area (Å²) in [5.74, 6) is 0. The molecule has 0 radical (unpaired) electrons. The number of aryl methyl sites for hydroxylation is 1. The normalized spacial score (nSPS) is 10.5. The minimum atomic E-state index is 0.357. The van der Waals surface area contributed by atoms with Gasteiger partial charge in [0.1, 0.15) is 0 Å². The van der Waals surface area contributed by atoms with Crippen molar-refractivity contribution in [3.8, 4) is 10.4 Å². The highest BCUT2D eigenvalue weighted by atomic mass is 35.5. The lowest BCUT2D eigenvalue weighted by molar-refractivity contribution is 1.03. The molecule has 0 bridgehead atoms. The Balaban J connectivity index is 2.55. The maximum Gasteiger partial charge on any atom is 0.160 e. The van der Waals surface area contributed by atoms with Gasteiger partial charge in [0.05, 0.1) is 0 Å². The maximum absolute atomic E-state index is 5.91. The van der Waals surface area contributed by atoms with Gasteiger partial charge >= 0.3 is 0 Å². The smallest absolute Gasteiger partial charge is 0.141 e. The van der Waals surface area contributed by atoms with E-state index in [0.29, 0.717) is 10.3 Å². The van der Waals surface area contributed by atoms with Crippen molar-refractivity contribution in [3.05, 3.63) is 33.4 Å². The third-order valence-electron chi connectivity index (χ3n) is 1.72. The van der Waals surface area contributed by atoms with E-state index in [4.69, 9.17) is 23.2 Å². The fraction of sp³-hybridized carbons (Fsp3) is 0.111. The molecule has 0 aliphatic carbocycles. The molecule has 2 heterocycles. The molecule has 0 aliphatic rings. The number of thiophene rings is 1. The fourth-order valence-electron chi connectivity index (χ4n) is 1.11. The highest BCUT2D eigenvalue weighted by Gasteiger charge is 2.08. The van der Waals surface area contributed by atoms with Gasteiger partial charge in [0.2, 0.25) is 0 Å². The molecule has 0 aliphatic heterocycles. The molecular weight excluding hydrogens is 239 g/mol. The van der Waals surface area contributed by atoms with Crippen LogP contribution in [0.3, 0.4) is 0 Å². The summed E-state index contributed by atoms with van der Waals surface area (Å²) in [7, 11) is 0. The molecule has 2 aromatic heterocycles. The van der Waals surface area contributed by atoms with Crippen LogP contribution in [0.5, 0.6) is 0 Å². The number of hydrogen-bond acceptors (Lipinski definition) is 3. The van der Waals surface area contributed by atoms with Gasteiger partial charge in [-0.1, -0.05) is 23.2 Å². The lowest BCUT2D eigenvalue weighted by Gasteiger charge is -1.98. The van der Waals surface area contributed by atoms with Gasteiger partial charge < -0.3 is 0 Å². The number of hydrogen-bond donors (Lipinski definition) is 0. The highest BCUT2D eigenvalue weighted by molar-refractivity contribution is 7.15. The van der Waals surface area contributed by atoms with E-state index < -0.39 is 0 Å². The van der Waals surface area contributed by atoms with Crippen LogP contribution in [0.1, 0.15) is 4.88 Å². The molecular formula is C9H6Cl2N2S. The standard InChI is InChI=1S/C9H6Cl2N2S/c1-5-2-3-7(14-5)6-4-8(10)12-13-9(6)11/h2-4H,1H3. The minimum Gasteiger partial charge on any atom is -0.141 e. The Morgan fingerprint density at radius 2 is 2.00 bits per heavy atom. The van der Waals surface area contributed by atoms with E-state index in [-0.39, 0.29) is 0 Å². The van der Waals surface area contributed by atoms with Crippen molar-refractivity contribution in [2.45, 2.75) is 6.92 Å². The molecule has 0 saturated heterocycles. The SMILES string of the molecule is Cc1ccc(-c2cc(Cl)nnc2Cl)s1. The Kier molecular flexibility index (Phi) is 2.72. The predicted molar refractivity (Wildman–Crippen MR) is 60.1 cm³/mol. The van der Waals surface area contributed by atoms with Crippen LogP contribution in [-0.2, 0) is 0 Å². The quantitative estimate of drug-likeness (QED) is 0.763. The molecule has 14 heavy (non-hydrogen) atoms. The van der Waals surface area contributed by atoms with Crippen LogP contribution in [0.25, 0.3) is 10.4 Å². The molecule has 0 amide bonds. The Labute approximate surface area is 95.5 Å². The van der Waals surface area contributed by atoms with Crippen LogP contribution in [0, 0.1) is 6.92 Å². The van der Waals surface area contributed by atoms with Gasteiger partial charge in [0.15, 0.2) is 10.3 Å². The first-order valence-electron chi connectivity index (χ1n) is 3.92. The molecule has 2 rings (SSSR count). The first-order chi connectivity index (χ1) is 6.66. The Morgan fingerprint density at radius 1 is 1.21 bits per heavy atom. The average molecular weight is 245 g/mol. The van der Waals surface area contributed by atoms with Crippen molar-refractivity contribution in [2.24, 2.45) is 0 Å². The van der Waals surface area contributed by atoms with Crippen molar-refractivity contribution >= 4 is 34.5 Å². The molecule has 0 aromatic carbocycles. The van der Waals surface area contributed by atoms with E-state index in [0.717, 1.165) is 10.4 Å². The molecule has 0 spiro atoms. The van der Waals surface area contributed by atoms with Crippen LogP contribution in [0.15, 0.2) is 18.2 Å². The molecule has 5 heteroatoms. The fourth-order valence-corrected chi connectivity index (χ4v) is 2.39. The van der Waals surface area contributed by atoms with E-state index in [1.165, 1.54) is 4.88 Å². The molecule has 0 unspecified atom stereocenters.